The van der Waals surface area contributed by atoms with E-state index in [0.717, 1.165) is 21.7 Å². The molecule has 1 N–H and O–H groups in total. The Morgan fingerprint density at radius 2 is 1.66 bits per heavy atom. The highest BCUT2D eigenvalue weighted by molar-refractivity contribution is 7.92. The molecule has 0 aliphatic rings. The van der Waals surface area contributed by atoms with Gasteiger partial charge in [0.15, 0.2) is 0 Å². The number of hydrogen-bond donors (Lipinski definition) is 1. The lowest BCUT2D eigenvalue weighted by Crippen LogP contribution is -2.55. The van der Waals surface area contributed by atoms with E-state index >= 15 is 0 Å². The first-order valence-corrected chi connectivity index (χ1v) is 13.8. The fraction of sp³-hybridized carbons (Fsp3) is 0.440. The van der Waals surface area contributed by atoms with Crippen molar-refractivity contribution in [2.45, 2.75) is 59.2 Å². The number of sulfonamides is 1. The average molecular weight is 543 g/mol. The molecule has 2 rings (SSSR count). The molecule has 0 heterocycles. The molecule has 0 spiro atoms. The van der Waals surface area contributed by atoms with Gasteiger partial charge in [-0.25, -0.2) is 8.42 Å². The van der Waals surface area contributed by atoms with Gasteiger partial charge in [0.05, 0.1) is 22.0 Å². The van der Waals surface area contributed by atoms with Crippen LogP contribution in [-0.4, -0.2) is 49.5 Å². The van der Waals surface area contributed by atoms with Gasteiger partial charge in [-0.2, -0.15) is 0 Å². The van der Waals surface area contributed by atoms with Gasteiger partial charge in [-0.1, -0.05) is 66.0 Å². The predicted molar refractivity (Wildman–Crippen MR) is 142 cm³/mol. The Balaban J connectivity index is 2.49. The summed E-state index contributed by atoms with van der Waals surface area (Å²) in [5.41, 5.74) is 1.47. The van der Waals surface area contributed by atoms with Crippen LogP contribution in [0.5, 0.6) is 0 Å². The Morgan fingerprint density at radius 3 is 2.17 bits per heavy atom. The maximum absolute atomic E-state index is 13.7. The van der Waals surface area contributed by atoms with E-state index in [1.807, 2.05) is 58.9 Å². The average Bonchev–Trinajstić information content (AvgIpc) is 2.73. The topological polar surface area (TPSA) is 86.8 Å². The van der Waals surface area contributed by atoms with Gasteiger partial charge in [-0.15, -0.1) is 0 Å². The SMILES string of the molecule is CCC(C(=O)NC(C)(C)C)N(Cc1ccc(C)cc1)C(=O)CN(c1cccc(Cl)c1Cl)S(C)(=O)=O. The molecule has 0 aromatic heterocycles. The Labute approximate surface area is 218 Å². The molecule has 0 saturated carbocycles. The summed E-state index contributed by atoms with van der Waals surface area (Å²) in [5, 5.41) is 3.12. The van der Waals surface area contributed by atoms with Crippen molar-refractivity contribution in [1.82, 2.24) is 10.2 Å². The molecule has 0 aliphatic heterocycles. The molecule has 0 saturated heterocycles. The first kappa shape index (κ1) is 28.9. The molecule has 1 atom stereocenters. The fourth-order valence-electron chi connectivity index (χ4n) is 3.54. The Morgan fingerprint density at radius 1 is 1.06 bits per heavy atom. The molecular weight excluding hydrogens is 509 g/mol. The number of hydrogen-bond acceptors (Lipinski definition) is 4. The first-order chi connectivity index (χ1) is 16.1. The van der Waals surface area contributed by atoms with Crippen LogP contribution in [0, 0.1) is 6.92 Å². The lowest BCUT2D eigenvalue weighted by Gasteiger charge is -2.34. The van der Waals surface area contributed by atoms with Gasteiger partial charge in [-0.3, -0.25) is 13.9 Å². The van der Waals surface area contributed by atoms with Crippen molar-refractivity contribution in [2.75, 3.05) is 17.1 Å². The molecule has 2 aromatic rings. The van der Waals surface area contributed by atoms with Crippen LogP contribution >= 0.6 is 23.2 Å². The number of anilines is 1. The number of nitrogens with zero attached hydrogens (tertiary/aromatic N) is 2. The van der Waals surface area contributed by atoms with E-state index in [2.05, 4.69) is 5.32 Å². The lowest BCUT2D eigenvalue weighted by atomic mass is 10.1. The van der Waals surface area contributed by atoms with Crippen LogP contribution < -0.4 is 9.62 Å². The summed E-state index contributed by atoms with van der Waals surface area (Å²) >= 11 is 12.4. The zero-order valence-electron chi connectivity index (χ0n) is 20.9. The molecule has 1 unspecified atom stereocenters. The summed E-state index contributed by atoms with van der Waals surface area (Å²) in [6.07, 6.45) is 1.34. The normalized spacial score (nSPS) is 12.7. The number of halogens is 2. The molecule has 10 heteroatoms. The number of carbonyl (C=O) groups excluding carboxylic acids is 2. The van der Waals surface area contributed by atoms with Crippen LogP contribution in [0.4, 0.5) is 5.69 Å². The molecule has 0 radical (unpaired) electrons. The fourth-order valence-corrected chi connectivity index (χ4v) is 4.84. The van der Waals surface area contributed by atoms with E-state index in [1.54, 1.807) is 6.07 Å². The molecule has 2 aromatic carbocycles. The third kappa shape index (κ3) is 8.12. The molecular formula is C25H33Cl2N3O4S. The maximum Gasteiger partial charge on any atom is 0.244 e. The number of rotatable bonds is 9. The van der Waals surface area contributed by atoms with Crippen LogP contribution in [0.2, 0.25) is 10.0 Å². The number of amides is 2. The highest BCUT2D eigenvalue weighted by atomic mass is 35.5. The molecule has 2 amide bonds. The van der Waals surface area contributed by atoms with E-state index in [9.17, 15) is 18.0 Å². The largest absolute Gasteiger partial charge is 0.350 e. The van der Waals surface area contributed by atoms with Gasteiger partial charge in [0, 0.05) is 12.1 Å². The predicted octanol–water partition coefficient (Wildman–Crippen LogP) is 4.79. The van der Waals surface area contributed by atoms with Crippen molar-refractivity contribution in [2.24, 2.45) is 0 Å². The smallest absolute Gasteiger partial charge is 0.244 e. The Bertz CT molecular complexity index is 1160. The number of carbonyl (C=O) groups is 2. The van der Waals surface area contributed by atoms with Gasteiger partial charge in [0.2, 0.25) is 21.8 Å². The van der Waals surface area contributed by atoms with E-state index in [0.29, 0.717) is 6.42 Å². The van der Waals surface area contributed by atoms with Crippen molar-refractivity contribution in [3.05, 3.63) is 63.6 Å². The van der Waals surface area contributed by atoms with Gasteiger partial charge < -0.3 is 10.2 Å². The maximum atomic E-state index is 13.7. The van der Waals surface area contributed by atoms with Crippen LogP contribution in [0.15, 0.2) is 42.5 Å². The molecule has 0 fully saturated rings. The Hall–Kier alpha value is -2.29. The van der Waals surface area contributed by atoms with Crippen molar-refractivity contribution < 1.29 is 18.0 Å². The zero-order valence-corrected chi connectivity index (χ0v) is 23.3. The third-order valence-electron chi connectivity index (χ3n) is 5.24. The summed E-state index contributed by atoms with van der Waals surface area (Å²) in [6, 6.07) is 11.4. The lowest BCUT2D eigenvalue weighted by molar-refractivity contribution is -0.141. The minimum Gasteiger partial charge on any atom is -0.350 e. The highest BCUT2D eigenvalue weighted by Gasteiger charge is 2.33. The van der Waals surface area contributed by atoms with Crippen molar-refractivity contribution in [1.29, 1.82) is 0 Å². The Kier molecular flexibility index (Phi) is 9.62. The number of benzene rings is 2. The number of nitrogens with one attached hydrogen (secondary N) is 1. The second-order valence-electron chi connectivity index (χ2n) is 9.51. The van der Waals surface area contributed by atoms with Crippen LogP contribution in [0.1, 0.15) is 45.2 Å². The second kappa shape index (κ2) is 11.6. The van der Waals surface area contributed by atoms with Crippen molar-refractivity contribution in [3.63, 3.8) is 0 Å². The minimum absolute atomic E-state index is 0.0231. The summed E-state index contributed by atoms with van der Waals surface area (Å²) in [6.45, 7) is 8.94. The van der Waals surface area contributed by atoms with E-state index in [-0.39, 0.29) is 28.2 Å². The van der Waals surface area contributed by atoms with Crippen molar-refractivity contribution in [3.8, 4) is 0 Å². The minimum atomic E-state index is -3.90. The third-order valence-corrected chi connectivity index (χ3v) is 7.17. The van der Waals surface area contributed by atoms with Crippen molar-refractivity contribution >= 4 is 50.7 Å². The summed E-state index contributed by atoms with van der Waals surface area (Å²) in [4.78, 5) is 28.3. The van der Waals surface area contributed by atoms with Crippen LogP contribution in [0.25, 0.3) is 0 Å². The van der Waals surface area contributed by atoms with Gasteiger partial charge in [-0.05, 0) is 51.8 Å². The van der Waals surface area contributed by atoms with Gasteiger partial charge >= 0.3 is 0 Å². The molecule has 0 bridgehead atoms. The van der Waals surface area contributed by atoms with Gasteiger partial charge in [0.25, 0.3) is 0 Å². The zero-order chi connectivity index (χ0) is 26.6. The molecule has 7 nitrogen and oxygen atoms in total. The standard InChI is InChI=1S/C25H33Cl2N3O4S/c1-7-20(24(32)28-25(3,4)5)29(15-18-13-11-17(2)12-14-18)22(31)16-30(35(6,33)34)21-10-8-9-19(26)23(21)27/h8-14,20H,7,15-16H2,1-6H3,(H,28,32). The summed E-state index contributed by atoms with van der Waals surface area (Å²) < 4.78 is 26.3. The second-order valence-corrected chi connectivity index (χ2v) is 12.2. The monoisotopic (exact) mass is 541 g/mol. The summed E-state index contributed by atoms with van der Waals surface area (Å²) in [5.74, 6) is -0.852. The quantitative estimate of drug-likeness (QED) is 0.494. The van der Waals surface area contributed by atoms with Crippen LogP contribution in [-0.2, 0) is 26.2 Å². The van der Waals surface area contributed by atoms with E-state index < -0.39 is 34.1 Å². The van der Waals surface area contributed by atoms with Gasteiger partial charge in [0.1, 0.15) is 12.6 Å². The highest BCUT2D eigenvalue weighted by Crippen LogP contribution is 2.33. The summed E-state index contributed by atoms with van der Waals surface area (Å²) in [7, 11) is -3.90. The number of aryl methyl sites for hydroxylation is 1. The van der Waals surface area contributed by atoms with Crippen LogP contribution in [0.3, 0.4) is 0 Å². The van der Waals surface area contributed by atoms with E-state index in [1.165, 1.54) is 17.0 Å². The van der Waals surface area contributed by atoms with E-state index in [4.69, 9.17) is 23.2 Å². The molecule has 0 aliphatic carbocycles. The molecule has 35 heavy (non-hydrogen) atoms. The first-order valence-electron chi connectivity index (χ1n) is 11.2. The molecule has 192 valence electrons.